The summed E-state index contributed by atoms with van der Waals surface area (Å²) < 4.78 is 0. The van der Waals surface area contributed by atoms with Gasteiger partial charge >= 0.3 is 6.03 Å². The van der Waals surface area contributed by atoms with E-state index in [1.165, 1.54) is 38.5 Å². The van der Waals surface area contributed by atoms with Crippen LogP contribution in [0.1, 0.15) is 58.3 Å². The highest BCUT2D eigenvalue weighted by molar-refractivity contribution is 5.74. The van der Waals surface area contributed by atoms with Crippen molar-refractivity contribution in [3.05, 3.63) is 0 Å². The Bertz CT molecular complexity index is 279. The average Bonchev–Trinajstić information content (AvgIpc) is 2.77. The van der Waals surface area contributed by atoms with E-state index >= 15 is 0 Å². The lowest BCUT2D eigenvalue weighted by atomic mass is 10.1. The van der Waals surface area contributed by atoms with Gasteiger partial charge in [-0.25, -0.2) is 4.79 Å². The molecule has 4 nitrogen and oxygen atoms in total. The Kier molecular flexibility index (Phi) is 6.64. The second kappa shape index (κ2) is 8.50. The molecule has 4 heteroatoms. The third-order valence-electron chi connectivity index (χ3n) is 4.75. The van der Waals surface area contributed by atoms with Gasteiger partial charge in [0.05, 0.1) is 0 Å². The molecule has 116 valence electrons. The summed E-state index contributed by atoms with van der Waals surface area (Å²) >= 11 is 0. The summed E-state index contributed by atoms with van der Waals surface area (Å²) in [6.07, 6.45) is 10.5. The largest absolute Gasteiger partial charge is 0.338 e. The molecule has 1 N–H and O–H groups in total. The second-order valence-corrected chi connectivity index (χ2v) is 6.25. The molecule has 0 aromatic rings. The fourth-order valence-electron chi connectivity index (χ4n) is 3.40. The van der Waals surface area contributed by atoms with Crippen LogP contribution in [0.5, 0.6) is 0 Å². The predicted octanol–water partition coefficient (Wildman–Crippen LogP) is 2.84. The number of rotatable bonds is 4. The molecule has 1 saturated heterocycles. The molecule has 2 rings (SSSR count). The summed E-state index contributed by atoms with van der Waals surface area (Å²) in [5.41, 5.74) is 0. The van der Waals surface area contributed by atoms with Crippen LogP contribution in [0.2, 0.25) is 0 Å². The van der Waals surface area contributed by atoms with Gasteiger partial charge in [-0.05, 0) is 19.3 Å². The molecule has 2 fully saturated rings. The van der Waals surface area contributed by atoms with Crippen molar-refractivity contribution in [2.45, 2.75) is 64.3 Å². The first-order valence-electron chi connectivity index (χ1n) is 8.58. The van der Waals surface area contributed by atoms with Crippen molar-refractivity contribution in [1.82, 2.24) is 15.1 Å². The zero-order valence-corrected chi connectivity index (χ0v) is 13.1. The molecule has 0 aromatic carbocycles. The van der Waals surface area contributed by atoms with Crippen molar-refractivity contribution in [1.29, 1.82) is 0 Å². The summed E-state index contributed by atoms with van der Waals surface area (Å²) in [7, 11) is 0. The number of nitrogens with zero attached hydrogens (tertiary/aromatic N) is 2. The van der Waals surface area contributed by atoms with Crippen LogP contribution in [0.25, 0.3) is 0 Å². The third kappa shape index (κ3) is 4.65. The number of hydrogen-bond donors (Lipinski definition) is 1. The molecule has 0 spiro atoms. The molecule has 1 saturated carbocycles. The highest BCUT2D eigenvalue weighted by atomic mass is 16.2. The first-order chi connectivity index (χ1) is 9.81. The Morgan fingerprint density at radius 3 is 2.30 bits per heavy atom. The zero-order valence-electron chi connectivity index (χ0n) is 13.1. The van der Waals surface area contributed by atoms with E-state index in [1.54, 1.807) is 0 Å². The van der Waals surface area contributed by atoms with Gasteiger partial charge in [-0.3, -0.25) is 4.90 Å². The van der Waals surface area contributed by atoms with Crippen molar-refractivity contribution < 1.29 is 4.79 Å². The molecule has 0 atom stereocenters. The maximum Gasteiger partial charge on any atom is 0.317 e. The van der Waals surface area contributed by atoms with E-state index in [9.17, 15) is 4.79 Å². The van der Waals surface area contributed by atoms with Crippen LogP contribution in [-0.4, -0.2) is 54.6 Å². The van der Waals surface area contributed by atoms with E-state index in [0.717, 1.165) is 51.6 Å². The van der Waals surface area contributed by atoms with Gasteiger partial charge < -0.3 is 10.2 Å². The smallest absolute Gasteiger partial charge is 0.317 e. The third-order valence-corrected chi connectivity index (χ3v) is 4.75. The van der Waals surface area contributed by atoms with Crippen LogP contribution in [0.4, 0.5) is 4.79 Å². The van der Waals surface area contributed by atoms with Crippen LogP contribution in [-0.2, 0) is 0 Å². The summed E-state index contributed by atoms with van der Waals surface area (Å²) in [4.78, 5) is 16.6. The molecule has 0 bridgehead atoms. The van der Waals surface area contributed by atoms with Crippen molar-refractivity contribution in [2.75, 3.05) is 32.7 Å². The van der Waals surface area contributed by atoms with Gasteiger partial charge in [0.25, 0.3) is 0 Å². The number of amides is 2. The Hall–Kier alpha value is -0.770. The quantitative estimate of drug-likeness (QED) is 0.635. The van der Waals surface area contributed by atoms with Gasteiger partial charge in [0.15, 0.2) is 0 Å². The molecule has 0 unspecified atom stereocenters. The molecular weight excluding hydrogens is 250 g/mol. The van der Waals surface area contributed by atoms with E-state index in [1.807, 2.05) is 4.90 Å². The Balaban J connectivity index is 1.69. The lowest BCUT2D eigenvalue weighted by Gasteiger charge is -2.39. The topological polar surface area (TPSA) is 35.6 Å². The van der Waals surface area contributed by atoms with E-state index in [2.05, 4.69) is 17.1 Å². The van der Waals surface area contributed by atoms with E-state index in [0.29, 0.717) is 0 Å². The zero-order chi connectivity index (χ0) is 14.2. The van der Waals surface area contributed by atoms with Gasteiger partial charge in [-0.2, -0.15) is 0 Å². The molecular formula is C16H31N3O. The number of carbonyl (C=O) groups is 1. The summed E-state index contributed by atoms with van der Waals surface area (Å²) in [6.45, 7) is 6.89. The predicted molar refractivity (Wildman–Crippen MR) is 82.9 cm³/mol. The standard InChI is InChI=1S/C16H31N3O/c1-2-3-10-17-16(20)19-13-11-18(12-14-19)15-8-6-4-5-7-9-15/h15H,2-14H2,1H3,(H,17,20). The summed E-state index contributed by atoms with van der Waals surface area (Å²) in [5.74, 6) is 0. The second-order valence-electron chi connectivity index (χ2n) is 6.25. The van der Waals surface area contributed by atoms with Gasteiger partial charge in [0.1, 0.15) is 0 Å². The van der Waals surface area contributed by atoms with Gasteiger partial charge in [0.2, 0.25) is 0 Å². The monoisotopic (exact) mass is 281 g/mol. The summed E-state index contributed by atoms with van der Waals surface area (Å²) in [5, 5.41) is 3.03. The van der Waals surface area contributed by atoms with E-state index in [-0.39, 0.29) is 6.03 Å². The number of hydrogen-bond acceptors (Lipinski definition) is 2. The van der Waals surface area contributed by atoms with Crippen molar-refractivity contribution >= 4 is 6.03 Å². The Morgan fingerprint density at radius 2 is 1.70 bits per heavy atom. The van der Waals surface area contributed by atoms with Crippen LogP contribution < -0.4 is 5.32 Å². The Labute approximate surface area is 123 Å². The number of nitrogens with one attached hydrogen (secondary N) is 1. The molecule has 1 aliphatic heterocycles. The lowest BCUT2D eigenvalue weighted by Crippen LogP contribution is -2.54. The normalized spacial score (nSPS) is 22.6. The SMILES string of the molecule is CCCCNC(=O)N1CCN(C2CCCCCC2)CC1. The highest BCUT2D eigenvalue weighted by Crippen LogP contribution is 2.22. The van der Waals surface area contributed by atoms with E-state index in [4.69, 9.17) is 0 Å². The minimum Gasteiger partial charge on any atom is -0.338 e. The van der Waals surface area contributed by atoms with Crippen LogP contribution in [0, 0.1) is 0 Å². The van der Waals surface area contributed by atoms with Gasteiger partial charge in [0, 0.05) is 38.8 Å². The molecule has 2 aliphatic rings. The molecule has 1 heterocycles. The fourth-order valence-corrected chi connectivity index (χ4v) is 3.40. The molecule has 0 aromatic heterocycles. The molecule has 1 aliphatic carbocycles. The number of carbonyl (C=O) groups excluding carboxylic acids is 1. The maximum atomic E-state index is 12.0. The average molecular weight is 281 g/mol. The van der Waals surface area contributed by atoms with E-state index < -0.39 is 0 Å². The van der Waals surface area contributed by atoms with Crippen molar-refractivity contribution in [2.24, 2.45) is 0 Å². The van der Waals surface area contributed by atoms with Crippen LogP contribution in [0.15, 0.2) is 0 Å². The van der Waals surface area contributed by atoms with Crippen LogP contribution >= 0.6 is 0 Å². The maximum absolute atomic E-state index is 12.0. The number of urea groups is 1. The fraction of sp³-hybridized carbons (Fsp3) is 0.938. The molecule has 20 heavy (non-hydrogen) atoms. The summed E-state index contributed by atoms with van der Waals surface area (Å²) in [6, 6.07) is 0.918. The number of unbranched alkanes of at least 4 members (excludes halogenated alkanes) is 1. The highest BCUT2D eigenvalue weighted by Gasteiger charge is 2.26. The van der Waals surface area contributed by atoms with Crippen molar-refractivity contribution in [3.63, 3.8) is 0 Å². The van der Waals surface area contributed by atoms with Crippen LogP contribution in [0.3, 0.4) is 0 Å². The minimum atomic E-state index is 0.138. The minimum absolute atomic E-state index is 0.138. The first kappa shape index (κ1) is 15.6. The molecule has 2 amide bonds. The molecule has 0 radical (unpaired) electrons. The van der Waals surface area contributed by atoms with Gasteiger partial charge in [-0.1, -0.05) is 39.0 Å². The van der Waals surface area contributed by atoms with Crippen molar-refractivity contribution in [3.8, 4) is 0 Å². The first-order valence-corrected chi connectivity index (χ1v) is 8.58. The Morgan fingerprint density at radius 1 is 1.05 bits per heavy atom. The van der Waals surface area contributed by atoms with Gasteiger partial charge in [-0.15, -0.1) is 0 Å². The lowest BCUT2D eigenvalue weighted by molar-refractivity contribution is 0.101. The number of piperazine rings is 1.